The normalized spacial score (nSPS) is 26.1. The van der Waals surface area contributed by atoms with Crippen LogP contribution in [0.4, 0.5) is 0 Å². The van der Waals surface area contributed by atoms with E-state index < -0.39 is 0 Å². The summed E-state index contributed by atoms with van der Waals surface area (Å²) < 4.78 is 6.53. The van der Waals surface area contributed by atoms with Crippen LogP contribution in [0, 0.1) is 0 Å². The Hall–Kier alpha value is -1.17. The van der Waals surface area contributed by atoms with E-state index >= 15 is 0 Å². The molecule has 0 aliphatic carbocycles. The van der Waals surface area contributed by atoms with Crippen molar-refractivity contribution in [2.75, 3.05) is 20.2 Å². The van der Waals surface area contributed by atoms with Crippen molar-refractivity contribution in [3.05, 3.63) is 23.2 Å². The first-order valence-corrected chi connectivity index (χ1v) is 8.55. The summed E-state index contributed by atoms with van der Waals surface area (Å²) in [6.07, 6.45) is 3.96. The lowest BCUT2D eigenvalue weighted by Gasteiger charge is -2.26. The van der Waals surface area contributed by atoms with Crippen LogP contribution in [0.15, 0.2) is 18.2 Å². The highest BCUT2D eigenvalue weighted by atomic mass is 32.1. The fraction of sp³-hybridized carbons (Fsp3) is 0.562. The van der Waals surface area contributed by atoms with E-state index in [-0.39, 0.29) is 0 Å². The molecular formula is C16H21N3OS. The summed E-state index contributed by atoms with van der Waals surface area (Å²) in [5.74, 6) is 0.914. The average Bonchev–Trinajstić information content (AvgIpc) is 2.98. The first kappa shape index (κ1) is 13.5. The summed E-state index contributed by atoms with van der Waals surface area (Å²) in [4.78, 5) is 7.49. The smallest absolute Gasteiger partial charge is 0.120 e. The quantitative estimate of drug-likeness (QED) is 0.946. The van der Waals surface area contributed by atoms with Gasteiger partial charge in [0.05, 0.1) is 23.9 Å². The SMILES string of the molecule is COc1ccc2nc(CN3C4CCNCC3CC4)sc2c1. The van der Waals surface area contributed by atoms with E-state index in [1.807, 2.05) is 6.07 Å². The topological polar surface area (TPSA) is 37.4 Å². The molecule has 4 nitrogen and oxygen atoms in total. The lowest BCUT2D eigenvalue weighted by atomic mass is 10.1. The molecular weight excluding hydrogens is 282 g/mol. The monoisotopic (exact) mass is 303 g/mol. The molecule has 2 aromatic rings. The van der Waals surface area contributed by atoms with Crippen LogP contribution >= 0.6 is 11.3 Å². The maximum Gasteiger partial charge on any atom is 0.120 e. The van der Waals surface area contributed by atoms with E-state index in [0.29, 0.717) is 6.04 Å². The third-order valence-corrected chi connectivity index (χ3v) is 5.77. The molecule has 1 aromatic heterocycles. The summed E-state index contributed by atoms with van der Waals surface area (Å²) in [5, 5.41) is 4.79. The number of methoxy groups -OCH3 is 1. The molecule has 4 rings (SSSR count). The van der Waals surface area contributed by atoms with Crippen molar-refractivity contribution in [3.63, 3.8) is 0 Å². The zero-order valence-electron chi connectivity index (χ0n) is 12.3. The van der Waals surface area contributed by atoms with Crippen molar-refractivity contribution in [2.24, 2.45) is 0 Å². The van der Waals surface area contributed by atoms with Crippen LogP contribution < -0.4 is 10.1 Å². The van der Waals surface area contributed by atoms with Crippen LogP contribution in [0.1, 0.15) is 24.3 Å². The lowest BCUT2D eigenvalue weighted by molar-refractivity contribution is 0.193. The minimum Gasteiger partial charge on any atom is -0.497 e. The number of fused-ring (bicyclic) bond motifs is 3. The van der Waals surface area contributed by atoms with Gasteiger partial charge >= 0.3 is 0 Å². The molecule has 5 heteroatoms. The van der Waals surface area contributed by atoms with Gasteiger partial charge in [0.2, 0.25) is 0 Å². The zero-order valence-corrected chi connectivity index (χ0v) is 13.2. The van der Waals surface area contributed by atoms with E-state index in [9.17, 15) is 0 Å². The van der Waals surface area contributed by atoms with Crippen molar-refractivity contribution in [1.82, 2.24) is 15.2 Å². The Morgan fingerprint density at radius 1 is 1.33 bits per heavy atom. The first-order valence-electron chi connectivity index (χ1n) is 7.73. The number of thiazole rings is 1. The second kappa shape index (κ2) is 5.55. The largest absolute Gasteiger partial charge is 0.497 e. The Morgan fingerprint density at radius 3 is 3.14 bits per heavy atom. The van der Waals surface area contributed by atoms with E-state index in [0.717, 1.165) is 36.9 Å². The Labute approximate surface area is 129 Å². The van der Waals surface area contributed by atoms with Gasteiger partial charge in [-0.2, -0.15) is 0 Å². The number of rotatable bonds is 3. The summed E-state index contributed by atoms with van der Waals surface area (Å²) in [5.41, 5.74) is 1.09. The van der Waals surface area contributed by atoms with Crippen LogP contribution in [0.3, 0.4) is 0 Å². The molecule has 2 aliphatic rings. The van der Waals surface area contributed by atoms with Crippen molar-refractivity contribution in [3.8, 4) is 5.75 Å². The summed E-state index contributed by atoms with van der Waals surface area (Å²) in [6, 6.07) is 7.58. The molecule has 0 amide bonds. The standard InChI is InChI=1S/C16H21N3OS/c1-20-13-4-5-14-15(8-13)21-16(18-14)10-19-11-2-3-12(19)9-17-7-6-11/h4-5,8,11-12,17H,2-3,6-7,9-10H2,1H3. The number of nitrogens with one attached hydrogen (secondary N) is 1. The molecule has 0 spiro atoms. The molecule has 2 bridgehead atoms. The van der Waals surface area contributed by atoms with E-state index in [2.05, 4.69) is 22.3 Å². The maximum atomic E-state index is 5.30. The summed E-state index contributed by atoms with van der Waals surface area (Å²) >= 11 is 1.81. The van der Waals surface area contributed by atoms with Crippen LogP contribution in [-0.2, 0) is 6.54 Å². The van der Waals surface area contributed by atoms with Gasteiger partial charge in [0.1, 0.15) is 10.8 Å². The number of hydrogen-bond acceptors (Lipinski definition) is 5. The molecule has 2 saturated heterocycles. The van der Waals surface area contributed by atoms with Crippen LogP contribution in [0.25, 0.3) is 10.2 Å². The molecule has 2 fully saturated rings. The number of ether oxygens (including phenoxy) is 1. The Morgan fingerprint density at radius 2 is 2.24 bits per heavy atom. The van der Waals surface area contributed by atoms with Gasteiger partial charge in [0, 0.05) is 18.6 Å². The fourth-order valence-electron chi connectivity index (χ4n) is 3.64. The van der Waals surface area contributed by atoms with E-state index in [1.54, 1.807) is 18.4 Å². The minimum atomic E-state index is 0.694. The number of aromatic nitrogens is 1. The van der Waals surface area contributed by atoms with Gasteiger partial charge in [0.15, 0.2) is 0 Å². The molecule has 3 heterocycles. The maximum absolute atomic E-state index is 5.30. The molecule has 2 aliphatic heterocycles. The van der Waals surface area contributed by atoms with Crippen LogP contribution in [0.2, 0.25) is 0 Å². The predicted octanol–water partition coefficient (Wildman–Crippen LogP) is 2.63. The molecule has 21 heavy (non-hydrogen) atoms. The van der Waals surface area contributed by atoms with Gasteiger partial charge in [-0.15, -0.1) is 11.3 Å². The highest BCUT2D eigenvalue weighted by molar-refractivity contribution is 7.18. The van der Waals surface area contributed by atoms with Crippen molar-refractivity contribution in [2.45, 2.75) is 37.9 Å². The van der Waals surface area contributed by atoms with Crippen molar-refractivity contribution in [1.29, 1.82) is 0 Å². The third-order valence-electron chi connectivity index (χ3n) is 4.76. The molecule has 112 valence electrons. The minimum absolute atomic E-state index is 0.694. The average molecular weight is 303 g/mol. The molecule has 1 aromatic carbocycles. The van der Waals surface area contributed by atoms with Gasteiger partial charge in [-0.1, -0.05) is 0 Å². The van der Waals surface area contributed by atoms with Gasteiger partial charge in [-0.3, -0.25) is 4.90 Å². The Balaban J connectivity index is 1.59. The van der Waals surface area contributed by atoms with Gasteiger partial charge < -0.3 is 10.1 Å². The molecule has 0 saturated carbocycles. The Kier molecular flexibility index (Phi) is 3.57. The van der Waals surface area contributed by atoms with E-state index in [1.165, 1.54) is 29.0 Å². The summed E-state index contributed by atoms with van der Waals surface area (Å²) in [6.45, 7) is 3.29. The number of hydrogen-bond donors (Lipinski definition) is 1. The van der Waals surface area contributed by atoms with Crippen LogP contribution in [0.5, 0.6) is 5.75 Å². The second-order valence-corrected chi connectivity index (χ2v) is 7.11. The predicted molar refractivity (Wildman–Crippen MR) is 86.0 cm³/mol. The Bertz CT molecular complexity index is 627. The fourth-order valence-corrected chi connectivity index (χ4v) is 4.65. The van der Waals surface area contributed by atoms with Crippen molar-refractivity contribution >= 4 is 21.6 Å². The lowest BCUT2D eigenvalue weighted by Crippen LogP contribution is -2.37. The van der Waals surface area contributed by atoms with Crippen molar-refractivity contribution < 1.29 is 4.74 Å². The zero-order chi connectivity index (χ0) is 14.2. The number of nitrogens with zero attached hydrogens (tertiary/aromatic N) is 2. The van der Waals surface area contributed by atoms with Gasteiger partial charge in [-0.25, -0.2) is 4.98 Å². The summed E-state index contributed by atoms with van der Waals surface area (Å²) in [7, 11) is 1.71. The van der Waals surface area contributed by atoms with Gasteiger partial charge in [0.25, 0.3) is 0 Å². The van der Waals surface area contributed by atoms with E-state index in [4.69, 9.17) is 9.72 Å². The molecule has 0 radical (unpaired) electrons. The van der Waals surface area contributed by atoms with Crippen LogP contribution in [-0.4, -0.2) is 42.2 Å². The molecule has 2 atom stereocenters. The highest BCUT2D eigenvalue weighted by Gasteiger charge is 2.35. The highest BCUT2D eigenvalue weighted by Crippen LogP contribution is 2.32. The molecule has 2 unspecified atom stereocenters. The second-order valence-electron chi connectivity index (χ2n) is 5.99. The third kappa shape index (κ3) is 2.54. The molecule has 1 N–H and O–H groups in total. The van der Waals surface area contributed by atoms with Gasteiger partial charge in [-0.05, 0) is 44.0 Å². The number of benzene rings is 1. The first-order chi connectivity index (χ1) is 10.3.